The first-order chi connectivity index (χ1) is 1.73. The molecule has 0 saturated carbocycles. The van der Waals surface area contributed by atoms with E-state index >= 15 is 0 Å². The number of hydrogen-bond donors (Lipinski definition) is 0. The molecule has 0 aliphatic heterocycles. The Kier molecular flexibility index (Phi) is 51.2. The maximum Gasteiger partial charge on any atom is 3.00 e. The van der Waals surface area contributed by atoms with Crippen LogP contribution >= 0.6 is 0 Å². The Balaban J connectivity index is -0.0000000150. The second kappa shape index (κ2) is 15.8. The summed E-state index contributed by atoms with van der Waals surface area (Å²) >= 11 is 0. The maximum absolute atomic E-state index is 8.25. The summed E-state index contributed by atoms with van der Waals surface area (Å²) in [5.41, 5.74) is 0. The van der Waals surface area contributed by atoms with Crippen LogP contribution in [0, 0.1) is 15.3 Å². The number of hydrogen-bond acceptors (Lipinski definition) is 3. The fourth-order valence-electron chi connectivity index (χ4n) is 0. The normalized spacial score (nSPS) is 3.43. The van der Waals surface area contributed by atoms with Crippen molar-refractivity contribution in [3.05, 3.63) is 15.3 Å². The van der Waals surface area contributed by atoms with Crippen LogP contribution < -0.4 is 75.4 Å². The fraction of sp³-hybridized carbons (Fsp3) is 0. The van der Waals surface area contributed by atoms with Gasteiger partial charge >= 0.3 is 77.6 Å². The SMILES string of the molecule is O=[N+]([O-])[O-].[Bi+3].[I-].[K+]. The van der Waals surface area contributed by atoms with E-state index in [-0.39, 0.29) is 102 Å². The van der Waals surface area contributed by atoms with Gasteiger partial charge in [-0.3, -0.25) is 0 Å². The van der Waals surface area contributed by atoms with E-state index in [2.05, 4.69) is 0 Å². The first-order valence-corrected chi connectivity index (χ1v) is 0.548. The van der Waals surface area contributed by atoms with Crippen LogP contribution in [0.4, 0.5) is 0 Å². The Hall–Kier alpha value is 2.45. The zero-order chi connectivity index (χ0) is 3.58. The van der Waals surface area contributed by atoms with Crippen molar-refractivity contribution in [1.82, 2.24) is 0 Å². The minimum Gasteiger partial charge on any atom is -1.00 e. The van der Waals surface area contributed by atoms with Crippen molar-refractivity contribution >= 4 is 26.2 Å². The minimum atomic E-state index is -1.75. The van der Waals surface area contributed by atoms with E-state index in [9.17, 15) is 0 Å². The predicted octanol–water partition coefficient (Wildman–Crippen LogP) is -6.61. The summed E-state index contributed by atoms with van der Waals surface area (Å²) in [4.78, 5) is 8.25. The van der Waals surface area contributed by atoms with Gasteiger partial charge in [-0.25, -0.2) is 0 Å². The molecule has 0 aromatic carbocycles. The van der Waals surface area contributed by atoms with Crippen LogP contribution in [0.3, 0.4) is 0 Å². The number of halogens is 1. The Bertz CT molecular complexity index is 37.9. The van der Waals surface area contributed by atoms with E-state index in [1.54, 1.807) is 0 Å². The Labute approximate surface area is 119 Å². The summed E-state index contributed by atoms with van der Waals surface area (Å²) < 4.78 is 0. The molecule has 0 N–H and O–H groups in total. The maximum atomic E-state index is 8.25. The minimum absolute atomic E-state index is 0. The van der Waals surface area contributed by atoms with Crippen molar-refractivity contribution in [3.63, 3.8) is 0 Å². The largest absolute Gasteiger partial charge is 3.00 e. The molecular formula is BiIKNO3+2. The molecular weight excluding hydrogens is 437 g/mol. The van der Waals surface area contributed by atoms with E-state index in [1.165, 1.54) is 0 Å². The fourth-order valence-corrected chi connectivity index (χ4v) is 0. The molecule has 4 nitrogen and oxygen atoms in total. The Morgan fingerprint density at radius 1 is 1.29 bits per heavy atom. The van der Waals surface area contributed by atoms with Gasteiger partial charge in [-0.15, -0.1) is 0 Å². The van der Waals surface area contributed by atoms with Crippen molar-refractivity contribution in [2.45, 2.75) is 0 Å². The summed E-state index contributed by atoms with van der Waals surface area (Å²) in [6.45, 7) is 0. The van der Waals surface area contributed by atoms with Crippen LogP contribution in [0.1, 0.15) is 0 Å². The first kappa shape index (κ1) is 22.7. The van der Waals surface area contributed by atoms with Gasteiger partial charge in [0.05, 0.1) is 5.09 Å². The standard InChI is InChI=1S/Bi.HI.K.NO3/c;;;2-1(3)4/h;1H;;/q+3;;+1;-1/p-1. The molecule has 0 aromatic rings. The molecule has 0 aromatic heterocycles. The molecule has 0 bridgehead atoms. The van der Waals surface area contributed by atoms with Gasteiger partial charge in [0.2, 0.25) is 0 Å². The van der Waals surface area contributed by atoms with E-state index < -0.39 is 5.09 Å². The van der Waals surface area contributed by atoms with Crippen LogP contribution in [0.5, 0.6) is 0 Å². The van der Waals surface area contributed by atoms with Crippen molar-refractivity contribution < 1.29 is 80.4 Å². The molecule has 0 aliphatic rings. The first-order valence-electron chi connectivity index (χ1n) is 0.548. The van der Waals surface area contributed by atoms with Gasteiger partial charge in [0.25, 0.3) is 0 Å². The zero-order valence-electron chi connectivity index (χ0n) is 3.50. The van der Waals surface area contributed by atoms with Crippen molar-refractivity contribution in [2.24, 2.45) is 0 Å². The van der Waals surface area contributed by atoms with Gasteiger partial charge < -0.3 is 39.3 Å². The average Bonchev–Trinajstić information content (AvgIpc) is 0.811. The van der Waals surface area contributed by atoms with Crippen LogP contribution in [0.25, 0.3) is 0 Å². The molecule has 0 amide bonds. The molecule has 0 unspecified atom stereocenters. The molecule has 0 atom stereocenters. The molecule has 0 rings (SSSR count). The van der Waals surface area contributed by atoms with Crippen LogP contribution in [-0.2, 0) is 0 Å². The van der Waals surface area contributed by atoms with E-state index in [0.717, 1.165) is 0 Å². The topological polar surface area (TPSA) is 66.2 Å². The smallest absolute Gasteiger partial charge is 1.00 e. The van der Waals surface area contributed by atoms with Gasteiger partial charge in [0, 0.05) is 0 Å². The average molecular weight is 437 g/mol. The van der Waals surface area contributed by atoms with Crippen molar-refractivity contribution in [1.29, 1.82) is 0 Å². The molecule has 0 heterocycles. The van der Waals surface area contributed by atoms with Gasteiger partial charge in [-0.05, 0) is 0 Å². The van der Waals surface area contributed by atoms with Crippen molar-refractivity contribution in [3.8, 4) is 0 Å². The second-order valence-corrected chi connectivity index (χ2v) is 0.224. The quantitative estimate of drug-likeness (QED) is 0.164. The van der Waals surface area contributed by atoms with E-state index in [0.29, 0.717) is 0 Å². The molecule has 0 spiro atoms. The monoisotopic (exact) mass is 437 g/mol. The van der Waals surface area contributed by atoms with Crippen LogP contribution in [-0.4, -0.2) is 31.3 Å². The van der Waals surface area contributed by atoms with Crippen molar-refractivity contribution in [2.75, 3.05) is 0 Å². The van der Waals surface area contributed by atoms with Gasteiger partial charge in [-0.2, -0.15) is 0 Å². The predicted molar refractivity (Wildman–Crippen MR) is 16.1 cm³/mol. The van der Waals surface area contributed by atoms with E-state index in [1.807, 2.05) is 0 Å². The molecule has 7 heteroatoms. The van der Waals surface area contributed by atoms with Crippen LogP contribution in [0.2, 0.25) is 0 Å². The molecule has 34 valence electrons. The Morgan fingerprint density at radius 3 is 1.29 bits per heavy atom. The summed E-state index contributed by atoms with van der Waals surface area (Å²) in [6.07, 6.45) is 0. The molecule has 0 saturated heterocycles. The molecule has 2 radical (unpaired) electrons. The molecule has 7 heavy (non-hydrogen) atoms. The van der Waals surface area contributed by atoms with Gasteiger partial charge in [0.1, 0.15) is 0 Å². The third kappa shape index (κ3) is 58.6. The number of rotatable bonds is 0. The third-order valence-electron chi connectivity index (χ3n) is 0. The molecule has 0 fully saturated rings. The van der Waals surface area contributed by atoms with Gasteiger partial charge in [-0.1, -0.05) is 0 Å². The summed E-state index contributed by atoms with van der Waals surface area (Å²) in [6, 6.07) is 0. The number of nitrogens with zero attached hydrogens (tertiary/aromatic N) is 1. The van der Waals surface area contributed by atoms with Gasteiger partial charge in [0.15, 0.2) is 0 Å². The second-order valence-electron chi connectivity index (χ2n) is 0.224. The summed E-state index contributed by atoms with van der Waals surface area (Å²) in [5, 5.41) is 14.8. The van der Waals surface area contributed by atoms with E-state index in [4.69, 9.17) is 15.3 Å². The Morgan fingerprint density at radius 2 is 1.29 bits per heavy atom. The summed E-state index contributed by atoms with van der Waals surface area (Å²) in [7, 11) is 0. The molecule has 0 aliphatic carbocycles. The third-order valence-corrected chi connectivity index (χ3v) is 0. The van der Waals surface area contributed by atoms with Crippen LogP contribution in [0.15, 0.2) is 0 Å². The zero-order valence-corrected chi connectivity index (χ0v) is 12.3. The summed E-state index contributed by atoms with van der Waals surface area (Å²) in [5.74, 6) is 0.